The smallest absolute Gasteiger partial charge is 0.338 e. The van der Waals surface area contributed by atoms with E-state index < -0.39 is 17.7 Å². The van der Waals surface area contributed by atoms with Gasteiger partial charge in [-0.2, -0.15) is 0 Å². The predicted molar refractivity (Wildman–Crippen MR) is 52.7 cm³/mol. The minimum Gasteiger partial charge on any atom is -0.479 e. The lowest BCUT2D eigenvalue weighted by Crippen LogP contribution is -2.54. The average Bonchev–Trinajstić information content (AvgIpc) is 2.26. The maximum Gasteiger partial charge on any atom is 0.338 e. The minimum absolute atomic E-state index is 0.0339. The highest BCUT2D eigenvalue weighted by Crippen LogP contribution is 2.34. The van der Waals surface area contributed by atoms with Crippen molar-refractivity contribution in [2.75, 3.05) is 20.3 Å². The van der Waals surface area contributed by atoms with Crippen LogP contribution in [0.15, 0.2) is 0 Å². The number of carbonyl (C=O) groups is 1. The van der Waals surface area contributed by atoms with Gasteiger partial charge in [-0.15, -0.1) is 0 Å². The highest BCUT2D eigenvalue weighted by atomic mass is 16.6. The fourth-order valence-corrected chi connectivity index (χ4v) is 2.12. The fraction of sp³-hybridized carbons (Fsp3) is 0.900. The van der Waals surface area contributed by atoms with Crippen LogP contribution in [0.25, 0.3) is 0 Å². The molecule has 0 aromatic carbocycles. The van der Waals surface area contributed by atoms with E-state index in [0.717, 1.165) is 12.8 Å². The Morgan fingerprint density at radius 2 is 2.27 bits per heavy atom. The molecule has 0 radical (unpaired) electrons. The topological polar surface area (TPSA) is 76.0 Å². The number of hydrogen-bond acceptors (Lipinski definition) is 4. The number of carboxylic acids is 1. The van der Waals surface area contributed by atoms with Gasteiger partial charge in [-0.25, -0.2) is 4.79 Å². The molecule has 1 aliphatic rings. The van der Waals surface area contributed by atoms with Crippen molar-refractivity contribution in [2.24, 2.45) is 0 Å². The summed E-state index contributed by atoms with van der Waals surface area (Å²) in [6.07, 6.45) is 2.48. The van der Waals surface area contributed by atoms with E-state index in [4.69, 9.17) is 14.6 Å². The third-order valence-corrected chi connectivity index (χ3v) is 2.88. The van der Waals surface area contributed by atoms with Crippen LogP contribution in [0.3, 0.4) is 0 Å². The van der Waals surface area contributed by atoms with Crippen LogP contribution >= 0.6 is 0 Å². The molecule has 0 amide bonds. The molecule has 0 bridgehead atoms. The zero-order valence-corrected chi connectivity index (χ0v) is 8.94. The van der Waals surface area contributed by atoms with Crippen molar-refractivity contribution in [2.45, 2.75) is 37.4 Å². The number of aliphatic hydroxyl groups excluding tert-OH is 1. The first-order valence-corrected chi connectivity index (χ1v) is 5.18. The summed E-state index contributed by atoms with van der Waals surface area (Å²) < 4.78 is 10.5. The quantitative estimate of drug-likeness (QED) is 0.699. The van der Waals surface area contributed by atoms with Crippen LogP contribution < -0.4 is 0 Å². The Morgan fingerprint density at radius 1 is 1.53 bits per heavy atom. The van der Waals surface area contributed by atoms with E-state index >= 15 is 0 Å². The van der Waals surface area contributed by atoms with Crippen molar-refractivity contribution in [3.63, 3.8) is 0 Å². The number of rotatable bonds is 5. The summed E-state index contributed by atoms with van der Waals surface area (Å²) in [5, 5.41) is 17.9. The van der Waals surface area contributed by atoms with Gasteiger partial charge in [0, 0.05) is 7.11 Å². The van der Waals surface area contributed by atoms with Crippen molar-refractivity contribution in [3.05, 3.63) is 0 Å². The first-order chi connectivity index (χ1) is 7.17. The van der Waals surface area contributed by atoms with Gasteiger partial charge in [0.15, 0.2) is 5.60 Å². The predicted octanol–water partition coefficient (Wildman–Crippen LogP) is 0.408. The summed E-state index contributed by atoms with van der Waals surface area (Å²) in [5.74, 6) is -0.998. The standard InChI is InChI=1S/C10H18O5/c1-14-8-4-2-3-5-10(8,9(12)13)15-7-6-11/h8,11H,2-7H2,1H3,(H,12,13). The normalized spacial score (nSPS) is 31.5. The van der Waals surface area contributed by atoms with Crippen LogP contribution in [0.5, 0.6) is 0 Å². The highest BCUT2D eigenvalue weighted by molar-refractivity contribution is 5.78. The summed E-state index contributed by atoms with van der Waals surface area (Å²) >= 11 is 0. The molecule has 0 saturated heterocycles. The van der Waals surface area contributed by atoms with Gasteiger partial charge in [-0.05, 0) is 19.3 Å². The Labute approximate surface area is 89.0 Å². The van der Waals surface area contributed by atoms with Gasteiger partial charge in [0.1, 0.15) is 0 Å². The van der Waals surface area contributed by atoms with Crippen molar-refractivity contribution in [1.29, 1.82) is 0 Å². The molecule has 2 atom stereocenters. The Bertz CT molecular complexity index is 218. The van der Waals surface area contributed by atoms with E-state index in [1.807, 2.05) is 0 Å². The van der Waals surface area contributed by atoms with Crippen LogP contribution in [0.1, 0.15) is 25.7 Å². The van der Waals surface area contributed by atoms with E-state index in [1.165, 1.54) is 7.11 Å². The summed E-state index contributed by atoms with van der Waals surface area (Å²) in [7, 11) is 1.50. The number of carboxylic acid groups (broad SMARTS) is 1. The number of hydrogen-bond donors (Lipinski definition) is 2. The molecule has 15 heavy (non-hydrogen) atoms. The molecule has 0 heterocycles. The van der Waals surface area contributed by atoms with Crippen LogP contribution in [0.2, 0.25) is 0 Å². The van der Waals surface area contributed by atoms with E-state index in [2.05, 4.69) is 0 Å². The van der Waals surface area contributed by atoms with Crippen molar-refractivity contribution < 1.29 is 24.5 Å². The molecule has 0 aliphatic heterocycles. The van der Waals surface area contributed by atoms with Crippen molar-refractivity contribution in [3.8, 4) is 0 Å². The Kier molecular flexibility index (Phi) is 4.50. The summed E-state index contributed by atoms with van der Waals surface area (Å²) in [5.41, 5.74) is -1.27. The van der Waals surface area contributed by atoms with Crippen LogP contribution in [-0.2, 0) is 14.3 Å². The Balaban J connectivity index is 2.79. The lowest BCUT2D eigenvalue weighted by molar-refractivity contribution is -0.196. The molecule has 0 aromatic heterocycles. The van der Waals surface area contributed by atoms with Gasteiger partial charge in [0.05, 0.1) is 19.3 Å². The van der Waals surface area contributed by atoms with E-state index in [0.29, 0.717) is 12.8 Å². The van der Waals surface area contributed by atoms with Gasteiger partial charge in [-0.1, -0.05) is 6.42 Å². The van der Waals surface area contributed by atoms with Crippen LogP contribution in [0, 0.1) is 0 Å². The molecule has 1 rings (SSSR count). The molecule has 1 fully saturated rings. The number of ether oxygens (including phenoxy) is 2. The molecule has 5 nitrogen and oxygen atoms in total. The second kappa shape index (κ2) is 5.44. The lowest BCUT2D eigenvalue weighted by Gasteiger charge is -2.39. The highest BCUT2D eigenvalue weighted by Gasteiger charge is 2.49. The van der Waals surface area contributed by atoms with Gasteiger partial charge < -0.3 is 19.7 Å². The minimum atomic E-state index is -1.27. The zero-order valence-electron chi connectivity index (χ0n) is 8.94. The Morgan fingerprint density at radius 3 is 2.80 bits per heavy atom. The third kappa shape index (κ3) is 2.48. The molecule has 88 valence electrons. The molecule has 1 aliphatic carbocycles. The first-order valence-electron chi connectivity index (χ1n) is 5.18. The number of methoxy groups -OCH3 is 1. The summed E-state index contributed by atoms with van der Waals surface area (Å²) in [6, 6.07) is 0. The van der Waals surface area contributed by atoms with Crippen molar-refractivity contribution >= 4 is 5.97 Å². The lowest BCUT2D eigenvalue weighted by atomic mass is 9.82. The maximum atomic E-state index is 11.3. The van der Waals surface area contributed by atoms with Crippen molar-refractivity contribution in [1.82, 2.24) is 0 Å². The van der Waals surface area contributed by atoms with Crippen LogP contribution in [-0.4, -0.2) is 48.2 Å². The monoisotopic (exact) mass is 218 g/mol. The summed E-state index contributed by atoms with van der Waals surface area (Å²) in [4.78, 5) is 11.3. The largest absolute Gasteiger partial charge is 0.479 e. The zero-order chi connectivity index (χ0) is 11.3. The second-order valence-corrected chi connectivity index (χ2v) is 3.74. The number of aliphatic carboxylic acids is 1. The van der Waals surface area contributed by atoms with E-state index in [1.54, 1.807) is 0 Å². The molecule has 0 spiro atoms. The first kappa shape index (κ1) is 12.4. The van der Waals surface area contributed by atoms with E-state index in [9.17, 15) is 9.90 Å². The Hall–Kier alpha value is -0.650. The third-order valence-electron chi connectivity index (χ3n) is 2.88. The molecular formula is C10H18O5. The van der Waals surface area contributed by atoms with Gasteiger partial charge >= 0.3 is 5.97 Å². The molecule has 2 unspecified atom stereocenters. The second-order valence-electron chi connectivity index (χ2n) is 3.74. The number of aliphatic hydroxyl groups is 1. The van der Waals surface area contributed by atoms with Crippen LogP contribution in [0.4, 0.5) is 0 Å². The average molecular weight is 218 g/mol. The van der Waals surface area contributed by atoms with Gasteiger partial charge in [-0.3, -0.25) is 0 Å². The molecular weight excluding hydrogens is 200 g/mol. The SMILES string of the molecule is COC1CCCCC1(OCCO)C(=O)O. The van der Waals surface area contributed by atoms with Gasteiger partial charge in [0.2, 0.25) is 0 Å². The maximum absolute atomic E-state index is 11.3. The molecule has 2 N–H and O–H groups in total. The molecule has 1 saturated carbocycles. The van der Waals surface area contributed by atoms with E-state index in [-0.39, 0.29) is 13.2 Å². The fourth-order valence-electron chi connectivity index (χ4n) is 2.12. The van der Waals surface area contributed by atoms with Gasteiger partial charge in [0.25, 0.3) is 0 Å². The molecule has 5 heteroatoms. The summed E-state index contributed by atoms with van der Waals surface area (Å²) in [6.45, 7) is -0.141. The molecule has 0 aromatic rings.